The van der Waals surface area contributed by atoms with E-state index in [0.29, 0.717) is 24.1 Å². The van der Waals surface area contributed by atoms with Crippen LogP contribution in [0.3, 0.4) is 0 Å². The number of carbonyl (C=O) groups is 3. The fourth-order valence-electron chi connectivity index (χ4n) is 3.92. The number of ether oxygens (including phenoxy) is 1. The zero-order chi connectivity index (χ0) is 30.3. The molecule has 4 rings (SSSR count). The first kappa shape index (κ1) is 32.9. The van der Waals surface area contributed by atoms with Gasteiger partial charge < -0.3 is 20.3 Å². The lowest BCUT2D eigenvalue weighted by atomic mass is 9.93. The Labute approximate surface area is 228 Å². The Morgan fingerprint density at radius 1 is 1.05 bits per heavy atom. The van der Waals surface area contributed by atoms with Gasteiger partial charge in [0.2, 0.25) is 0 Å². The quantitative estimate of drug-likeness (QED) is 0.441. The number of fused-ring (bicyclic) bond motifs is 1. The van der Waals surface area contributed by atoms with Gasteiger partial charge in [-0.05, 0) is 26.0 Å². The third kappa shape index (κ3) is 10.3. The Hall–Kier alpha value is -3.31. The zero-order valence-electron chi connectivity index (χ0n) is 21.1. The summed E-state index contributed by atoms with van der Waals surface area (Å²) >= 11 is 1.50. The van der Waals surface area contributed by atoms with Crippen LogP contribution in [-0.2, 0) is 20.9 Å². The largest absolute Gasteiger partial charge is 0.490 e. The number of nitrogens with zero attached hydrogens (tertiary/aromatic N) is 3. The van der Waals surface area contributed by atoms with Crippen LogP contribution in [0.1, 0.15) is 26.9 Å². The third-order valence-corrected chi connectivity index (χ3v) is 6.48. The Kier molecular flexibility index (Phi) is 11.4. The number of hydrogen-bond donors (Lipinski definition) is 3. The topological polar surface area (TPSA) is 142 Å². The Balaban J connectivity index is 0.000000333. The number of halogens is 6. The molecule has 2 aromatic heterocycles. The predicted octanol–water partition coefficient (Wildman–Crippen LogP) is 3.30. The highest BCUT2D eigenvalue weighted by atomic mass is 32.1. The summed E-state index contributed by atoms with van der Waals surface area (Å²) in [6.45, 7) is 8.10. The summed E-state index contributed by atoms with van der Waals surface area (Å²) in [5.74, 6) is -4.77. The molecule has 0 bridgehead atoms. The lowest BCUT2D eigenvalue weighted by Gasteiger charge is -2.19. The van der Waals surface area contributed by atoms with Gasteiger partial charge in [0, 0.05) is 49.1 Å². The van der Waals surface area contributed by atoms with Crippen molar-refractivity contribution in [2.75, 3.05) is 26.2 Å². The Bertz CT molecular complexity index is 1150. The summed E-state index contributed by atoms with van der Waals surface area (Å²) in [7, 11) is 0. The van der Waals surface area contributed by atoms with Crippen LogP contribution in [0.4, 0.5) is 26.3 Å². The third-order valence-electron chi connectivity index (χ3n) is 5.71. The monoisotopic (exact) mass is 600 g/mol. The van der Waals surface area contributed by atoms with Gasteiger partial charge in [-0.3, -0.25) is 14.7 Å². The molecule has 0 aliphatic carbocycles. The number of alkyl halides is 6. The first-order valence-corrected chi connectivity index (χ1v) is 12.4. The van der Waals surface area contributed by atoms with E-state index in [1.807, 2.05) is 25.3 Å². The van der Waals surface area contributed by atoms with Gasteiger partial charge in [-0.25, -0.2) is 14.6 Å². The molecular formula is C23H26F6N4O6S. The molecule has 2 fully saturated rings. The van der Waals surface area contributed by atoms with Crippen molar-refractivity contribution in [2.45, 2.75) is 38.8 Å². The first-order valence-electron chi connectivity index (χ1n) is 11.5. The van der Waals surface area contributed by atoms with Crippen molar-refractivity contribution >= 4 is 29.2 Å². The zero-order valence-corrected chi connectivity index (χ0v) is 21.9. The molecule has 0 aromatic carbocycles. The molecule has 4 heterocycles. The molecular weight excluding hydrogens is 574 g/mol. The van der Waals surface area contributed by atoms with Crippen molar-refractivity contribution < 1.29 is 55.7 Å². The molecule has 0 unspecified atom stereocenters. The van der Waals surface area contributed by atoms with Crippen LogP contribution in [0.2, 0.25) is 0 Å². The van der Waals surface area contributed by atoms with Gasteiger partial charge in [0.25, 0.3) is 5.91 Å². The minimum absolute atomic E-state index is 0.0865. The van der Waals surface area contributed by atoms with Crippen LogP contribution in [0.25, 0.3) is 0 Å². The molecule has 3 N–H and O–H groups in total. The smallest absolute Gasteiger partial charge is 0.475 e. The van der Waals surface area contributed by atoms with Crippen LogP contribution < -0.4 is 5.32 Å². The number of aromatic nitrogens is 2. The molecule has 3 atom stereocenters. The van der Waals surface area contributed by atoms with E-state index in [1.54, 1.807) is 0 Å². The second-order valence-corrected chi connectivity index (χ2v) is 9.89. The number of hydrogen-bond acceptors (Lipinski definition) is 8. The maximum absolute atomic E-state index is 12.2. The van der Waals surface area contributed by atoms with Crippen molar-refractivity contribution in [2.24, 2.45) is 11.8 Å². The molecule has 1 amide bonds. The van der Waals surface area contributed by atoms with Gasteiger partial charge in [0.1, 0.15) is 5.69 Å². The average Bonchev–Trinajstić information content (AvgIpc) is 3.53. The fourth-order valence-corrected chi connectivity index (χ4v) is 4.51. The number of thiazole rings is 1. The summed E-state index contributed by atoms with van der Waals surface area (Å²) in [6, 6.07) is 6.16. The minimum atomic E-state index is -5.08. The lowest BCUT2D eigenvalue weighted by molar-refractivity contribution is -0.193. The number of rotatable bonds is 5. The minimum Gasteiger partial charge on any atom is -0.475 e. The molecule has 222 valence electrons. The van der Waals surface area contributed by atoms with Crippen LogP contribution >= 0.6 is 11.3 Å². The highest BCUT2D eigenvalue weighted by Gasteiger charge is 2.44. The van der Waals surface area contributed by atoms with Crippen LogP contribution in [0, 0.1) is 25.7 Å². The molecule has 10 nitrogen and oxygen atoms in total. The second kappa shape index (κ2) is 13.8. The molecule has 2 aromatic rings. The van der Waals surface area contributed by atoms with Crippen LogP contribution in [0.5, 0.6) is 0 Å². The summed E-state index contributed by atoms with van der Waals surface area (Å²) in [5.41, 5.74) is 2.67. The van der Waals surface area contributed by atoms with E-state index in [1.165, 1.54) is 11.3 Å². The number of aryl methyl sites for hydroxylation is 2. The van der Waals surface area contributed by atoms with E-state index < -0.39 is 24.3 Å². The number of aliphatic carboxylic acids is 2. The van der Waals surface area contributed by atoms with Crippen LogP contribution in [-0.4, -0.2) is 87.6 Å². The maximum atomic E-state index is 12.2. The van der Waals surface area contributed by atoms with E-state index in [-0.39, 0.29) is 12.0 Å². The van der Waals surface area contributed by atoms with Gasteiger partial charge in [-0.15, -0.1) is 11.3 Å². The normalized spacial score (nSPS) is 20.4. The van der Waals surface area contributed by atoms with E-state index >= 15 is 0 Å². The lowest BCUT2D eigenvalue weighted by Crippen LogP contribution is -2.34. The van der Waals surface area contributed by atoms with E-state index in [4.69, 9.17) is 24.5 Å². The molecule has 17 heteroatoms. The van der Waals surface area contributed by atoms with Gasteiger partial charge in [0.05, 0.1) is 23.4 Å². The van der Waals surface area contributed by atoms with Crippen molar-refractivity contribution in [3.8, 4) is 0 Å². The summed E-state index contributed by atoms with van der Waals surface area (Å²) in [5, 5.41) is 20.0. The summed E-state index contributed by atoms with van der Waals surface area (Å²) < 4.78 is 69.5. The van der Waals surface area contributed by atoms with Gasteiger partial charge in [-0.2, -0.15) is 26.3 Å². The molecule has 2 saturated heterocycles. The molecule has 2 aliphatic rings. The fraction of sp³-hybridized carbons (Fsp3) is 0.522. The highest BCUT2D eigenvalue weighted by Crippen LogP contribution is 2.34. The van der Waals surface area contributed by atoms with Gasteiger partial charge in [-0.1, -0.05) is 6.07 Å². The van der Waals surface area contributed by atoms with Gasteiger partial charge >= 0.3 is 24.3 Å². The van der Waals surface area contributed by atoms with Crippen molar-refractivity contribution in [3.63, 3.8) is 0 Å². The van der Waals surface area contributed by atoms with E-state index in [9.17, 15) is 31.1 Å². The number of carbonyl (C=O) groups excluding carboxylic acids is 1. The molecule has 0 saturated carbocycles. The number of carboxylic acids is 2. The number of pyridine rings is 1. The van der Waals surface area contributed by atoms with Gasteiger partial charge in [0.15, 0.2) is 0 Å². The molecule has 0 spiro atoms. The van der Waals surface area contributed by atoms with E-state index in [2.05, 4.69) is 32.3 Å². The molecule has 40 heavy (non-hydrogen) atoms. The number of carboxylic acid groups (broad SMARTS) is 2. The summed E-state index contributed by atoms with van der Waals surface area (Å²) in [6.07, 6.45) is -9.90. The number of nitrogens with one attached hydrogen (secondary N) is 1. The standard InChI is InChI=1S/C19H24N4O2S.2C2HF3O2/c1-12-4-3-5-15(21-12)7-23-8-16-14(10-25-18(16)9-23)6-20-19(24)17-11-26-13(2)22-17;2*3-2(4,5)1(6)7/h3-5,11,14,16,18H,6-10H2,1-2H3,(H,20,24);2*(H,6,7)/t14-,16-,18-;;/m1../s1. The molecule has 2 aliphatic heterocycles. The predicted molar refractivity (Wildman–Crippen MR) is 128 cm³/mol. The first-order chi connectivity index (χ1) is 18.5. The van der Waals surface area contributed by atoms with Crippen molar-refractivity contribution in [1.29, 1.82) is 0 Å². The Morgan fingerprint density at radius 3 is 2.15 bits per heavy atom. The number of amides is 1. The number of likely N-dealkylation sites (tertiary alicyclic amines) is 1. The highest BCUT2D eigenvalue weighted by molar-refractivity contribution is 7.09. The average molecular weight is 601 g/mol. The van der Waals surface area contributed by atoms with Crippen molar-refractivity contribution in [3.05, 3.63) is 45.7 Å². The van der Waals surface area contributed by atoms with E-state index in [0.717, 1.165) is 42.6 Å². The second-order valence-electron chi connectivity index (χ2n) is 8.83. The summed E-state index contributed by atoms with van der Waals surface area (Å²) in [4.78, 5) is 41.3. The Morgan fingerprint density at radius 2 is 1.65 bits per heavy atom. The van der Waals surface area contributed by atoms with Crippen molar-refractivity contribution in [1.82, 2.24) is 20.2 Å². The molecule has 0 radical (unpaired) electrons. The maximum Gasteiger partial charge on any atom is 0.490 e. The SMILES string of the molecule is Cc1cccc(CN2C[C@@H]3[C@H](CNC(=O)c4csc(C)n4)CO[C@@H]3C2)n1.O=C(O)C(F)(F)F.O=C(O)C(F)(F)F. The van der Waals surface area contributed by atoms with Crippen LogP contribution in [0.15, 0.2) is 23.6 Å².